The summed E-state index contributed by atoms with van der Waals surface area (Å²) >= 11 is 0. The van der Waals surface area contributed by atoms with Gasteiger partial charge in [0.25, 0.3) is 0 Å². The standard InChI is InChI=1S/C15H32N2O/c1-3-10-16-15-9-7-8-14(15)13-17(2)11-5-4-6-12-18/h14-16,18H,3-13H2,1-2H3. The fraction of sp³-hybridized carbons (Fsp3) is 1.00. The van der Waals surface area contributed by atoms with Gasteiger partial charge >= 0.3 is 0 Å². The third kappa shape index (κ3) is 6.17. The van der Waals surface area contributed by atoms with Gasteiger partial charge in [0.2, 0.25) is 0 Å². The zero-order valence-electron chi connectivity index (χ0n) is 12.3. The molecule has 0 aromatic rings. The molecule has 2 N–H and O–H groups in total. The quantitative estimate of drug-likeness (QED) is 0.589. The highest BCUT2D eigenvalue weighted by atomic mass is 16.2. The number of nitrogens with one attached hydrogen (secondary N) is 1. The zero-order valence-corrected chi connectivity index (χ0v) is 12.3. The number of nitrogens with zero attached hydrogens (tertiary/aromatic N) is 1. The number of aliphatic hydroxyl groups excluding tert-OH is 1. The van der Waals surface area contributed by atoms with Crippen LogP contribution >= 0.6 is 0 Å². The average Bonchev–Trinajstić information content (AvgIpc) is 2.79. The first-order valence-electron chi connectivity index (χ1n) is 7.80. The van der Waals surface area contributed by atoms with Gasteiger partial charge in [-0.15, -0.1) is 0 Å². The molecule has 0 bridgehead atoms. The van der Waals surface area contributed by atoms with Crippen LogP contribution in [0.15, 0.2) is 0 Å². The van der Waals surface area contributed by atoms with Crippen LogP contribution in [-0.4, -0.2) is 49.3 Å². The molecule has 0 aliphatic heterocycles. The fourth-order valence-electron chi connectivity index (χ4n) is 3.02. The molecule has 1 fully saturated rings. The van der Waals surface area contributed by atoms with E-state index in [1.807, 2.05) is 0 Å². The molecule has 18 heavy (non-hydrogen) atoms. The van der Waals surface area contributed by atoms with Gasteiger partial charge < -0.3 is 15.3 Å². The normalized spacial score (nSPS) is 24.0. The summed E-state index contributed by atoms with van der Waals surface area (Å²) in [7, 11) is 2.24. The molecular weight excluding hydrogens is 224 g/mol. The highest BCUT2D eigenvalue weighted by Gasteiger charge is 2.27. The lowest BCUT2D eigenvalue weighted by Crippen LogP contribution is -2.38. The average molecular weight is 256 g/mol. The first-order valence-corrected chi connectivity index (χ1v) is 7.80. The van der Waals surface area contributed by atoms with Crippen molar-refractivity contribution in [2.45, 2.75) is 57.9 Å². The first kappa shape index (κ1) is 15.9. The van der Waals surface area contributed by atoms with E-state index in [1.165, 1.54) is 51.7 Å². The van der Waals surface area contributed by atoms with Crippen molar-refractivity contribution < 1.29 is 5.11 Å². The molecule has 0 spiro atoms. The minimum Gasteiger partial charge on any atom is -0.396 e. The summed E-state index contributed by atoms with van der Waals surface area (Å²) in [5.41, 5.74) is 0. The Bertz CT molecular complexity index is 199. The van der Waals surface area contributed by atoms with Crippen LogP contribution < -0.4 is 5.32 Å². The Morgan fingerprint density at radius 1 is 1.22 bits per heavy atom. The lowest BCUT2D eigenvalue weighted by atomic mass is 10.0. The summed E-state index contributed by atoms with van der Waals surface area (Å²) in [4.78, 5) is 2.48. The van der Waals surface area contributed by atoms with Crippen molar-refractivity contribution in [1.29, 1.82) is 0 Å². The second-order valence-electron chi connectivity index (χ2n) is 5.80. The van der Waals surface area contributed by atoms with Crippen molar-refractivity contribution >= 4 is 0 Å². The maximum absolute atomic E-state index is 8.76. The number of hydrogen-bond acceptors (Lipinski definition) is 3. The molecule has 3 heteroatoms. The molecule has 0 radical (unpaired) electrons. The van der Waals surface area contributed by atoms with Crippen LogP contribution in [0.3, 0.4) is 0 Å². The lowest BCUT2D eigenvalue weighted by Gasteiger charge is -2.26. The van der Waals surface area contributed by atoms with Crippen LogP contribution in [0.1, 0.15) is 51.9 Å². The molecule has 0 aromatic carbocycles. The molecular formula is C15H32N2O. The van der Waals surface area contributed by atoms with E-state index >= 15 is 0 Å². The molecule has 2 unspecified atom stereocenters. The van der Waals surface area contributed by atoms with Crippen LogP contribution in [-0.2, 0) is 0 Å². The van der Waals surface area contributed by atoms with E-state index in [1.54, 1.807) is 0 Å². The van der Waals surface area contributed by atoms with Gasteiger partial charge in [0, 0.05) is 19.2 Å². The van der Waals surface area contributed by atoms with E-state index < -0.39 is 0 Å². The summed E-state index contributed by atoms with van der Waals surface area (Å²) in [6.45, 7) is 6.17. The summed E-state index contributed by atoms with van der Waals surface area (Å²) in [5.74, 6) is 0.847. The van der Waals surface area contributed by atoms with Crippen LogP contribution in [0.2, 0.25) is 0 Å². The minimum absolute atomic E-state index is 0.343. The van der Waals surface area contributed by atoms with Gasteiger partial charge in [0.05, 0.1) is 0 Å². The van der Waals surface area contributed by atoms with Gasteiger partial charge in [-0.2, -0.15) is 0 Å². The Morgan fingerprint density at radius 2 is 2.06 bits per heavy atom. The van der Waals surface area contributed by atoms with Crippen molar-refractivity contribution in [3.05, 3.63) is 0 Å². The summed E-state index contributed by atoms with van der Waals surface area (Å²) < 4.78 is 0. The van der Waals surface area contributed by atoms with E-state index in [0.29, 0.717) is 6.61 Å². The largest absolute Gasteiger partial charge is 0.396 e. The molecule has 0 heterocycles. The summed E-state index contributed by atoms with van der Waals surface area (Å²) in [6.07, 6.45) is 8.72. The summed E-state index contributed by atoms with van der Waals surface area (Å²) in [6, 6.07) is 0.754. The number of unbranched alkanes of at least 4 members (excludes halogenated alkanes) is 2. The van der Waals surface area contributed by atoms with Gasteiger partial charge in [-0.05, 0) is 64.6 Å². The SMILES string of the molecule is CCCNC1CCCC1CN(C)CCCCCO. The topological polar surface area (TPSA) is 35.5 Å². The maximum atomic E-state index is 8.76. The molecule has 0 saturated heterocycles. The van der Waals surface area contributed by atoms with Crippen LogP contribution in [0.4, 0.5) is 0 Å². The fourth-order valence-corrected chi connectivity index (χ4v) is 3.02. The number of rotatable bonds is 10. The third-order valence-electron chi connectivity index (χ3n) is 4.06. The van der Waals surface area contributed by atoms with Gasteiger partial charge in [-0.25, -0.2) is 0 Å². The Kier molecular flexibility index (Phi) is 8.64. The molecule has 3 nitrogen and oxygen atoms in total. The molecule has 0 aromatic heterocycles. The van der Waals surface area contributed by atoms with Crippen molar-refractivity contribution in [3.8, 4) is 0 Å². The minimum atomic E-state index is 0.343. The Labute approximate surface area is 113 Å². The number of hydrogen-bond donors (Lipinski definition) is 2. The maximum Gasteiger partial charge on any atom is 0.0431 e. The zero-order chi connectivity index (χ0) is 13.2. The monoisotopic (exact) mass is 256 g/mol. The highest BCUT2D eigenvalue weighted by Crippen LogP contribution is 2.26. The number of aliphatic hydroxyl groups is 1. The second-order valence-corrected chi connectivity index (χ2v) is 5.80. The molecule has 2 atom stereocenters. The van der Waals surface area contributed by atoms with Gasteiger partial charge in [-0.3, -0.25) is 0 Å². The van der Waals surface area contributed by atoms with Crippen molar-refractivity contribution in [2.75, 3.05) is 33.3 Å². The first-order chi connectivity index (χ1) is 8.77. The van der Waals surface area contributed by atoms with E-state index in [4.69, 9.17) is 5.11 Å². The third-order valence-corrected chi connectivity index (χ3v) is 4.06. The van der Waals surface area contributed by atoms with Crippen LogP contribution in [0.5, 0.6) is 0 Å². The molecule has 1 rings (SSSR count). The lowest BCUT2D eigenvalue weighted by molar-refractivity contribution is 0.240. The smallest absolute Gasteiger partial charge is 0.0431 e. The van der Waals surface area contributed by atoms with Crippen molar-refractivity contribution in [1.82, 2.24) is 10.2 Å². The predicted molar refractivity (Wildman–Crippen MR) is 77.9 cm³/mol. The summed E-state index contributed by atoms with van der Waals surface area (Å²) in [5, 5.41) is 12.5. The van der Waals surface area contributed by atoms with Crippen LogP contribution in [0, 0.1) is 5.92 Å². The Morgan fingerprint density at radius 3 is 2.78 bits per heavy atom. The second kappa shape index (κ2) is 9.76. The Hall–Kier alpha value is -0.120. The highest BCUT2D eigenvalue weighted by molar-refractivity contribution is 4.84. The van der Waals surface area contributed by atoms with Crippen LogP contribution in [0.25, 0.3) is 0 Å². The van der Waals surface area contributed by atoms with Crippen molar-refractivity contribution in [2.24, 2.45) is 5.92 Å². The predicted octanol–water partition coefficient (Wildman–Crippen LogP) is 2.25. The van der Waals surface area contributed by atoms with Gasteiger partial charge in [0.1, 0.15) is 0 Å². The van der Waals surface area contributed by atoms with E-state index in [0.717, 1.165) is 24.8 Å². The van der Waals surface area contributed by atoms with Gasteiger partial charge in [0.15, 0.2) is 0 Å². The molecule has 1 aliphatic rings. The van der Waals surface area contributed by atoms with E-state index in [9.17, 15) is 0 Å². The van der Waals surface area contributed by atoms with E-state index in [-0.39, 0.29) is 0 Å². The van der Waals surface area contributed by atoms with E-state index in [2.05, 4.69) is 24.2 Å². The van der Waals surface area contributed by atoms with Gasteiger partial charge in [-0.1, -0.05) is 13.3 Å². The molecule has 1 saturated carbocycles. The molecule has 108 valence electrons. The molecule has 0 amide bonds. The Balaban J connectivity index is 2.14. The molecule has 1 aliphatic carbocycles. The van der Waals surface area contributed by atoms with Crippen molar-refractivity contribution in [3.63, 3.8) is 0 Å².